The first-order valence-electron chi connectivity index (χ1n) is 6.28. The number of aliphatic imine (C=N–C) groups is 1. The lowest BCUT2D eigenvalue weighted by Gasteiger charge is -2.11. The van der Waals surface area contributed by atoms with E-state index in [9.17, 15) is 0 Å². The highest BCUT2D eigenvalue weighted by molar-refractivity contribution is 14.0. The molecular formula is C15H24IN3. The van der Waals surface area contributed by atoms with Crippen LogP contribution in [0.4, 0.5) is 0 Å². The van der Waals surface area contributed by atoms with Gasteiger partial charge in [0.2, 0.25) is 0 Å². The lowest BCUT2D eigenvalue weighted by atomic mass is 10.1. The van der Waals surface area contributed by atoms with Crippen molar-refractivity contribution in [3.05, 3.63) is 47.5 Å². The van der Waals surface area contributed by atoms with Crippen molar-refractivity contribution < 1.29 is 0 Å². The van der Waals surface area contributed by atoms with E-state index in [1.807, 2.05) is 6.08 Å². The molecule has 19 heavy (non-hydrogen) atoms. The molecule has 3 nitrogen and oxygen atoms in total. The van der Waals surface area contributed by atoms with Crippen LogP contribution < -0.4 is 10.6 Å². The number of hydrogen-bond donors (Lipinski definition) is 2. The molecule has 4 heteroatoms. The number of benzene rings is 1. The van der Waals surface area contributed by atoms with Crippen LogP contribution in [0.25, 0.3) is 0 Å². The zero-order valence-corrected chi connectivity index (χ0v) is 14.3. The first kappa shape index (κ1) is 18.0. The molecule has 0 atom stereocenters. The fourth-order valence-electron chi connectivity index (χ4n) is 1.93. The van der Waals surface area contributed by atoms with Crippen LogP contribution in [0.2, 0.25) is 0 Å². The third-order valence-corrected chi connectivity index (χ3v) is 2.63. The zero-order chi connectivity index (χ0) is 13.4. The fourth-order valence-corrected chi connectivity index (χ4v) is 1.93. The molecule has 0 heterocycles. The van der Waals surface area contributed by atoms with Crippen LogP contribution in [-0.4, -0.2) is 26.1 Å². The molecule has 0 fully saturated rings. The van der Waals surface area contributed by atoms with Gasteiger partial charge >= 0.3 is 0 Å². The molecule has 1 aromatic carbocycles. The highest BCUT2D eigenvalue weighted by atomic mass is 127. The Morgan fingerprint density at radius 1 is 1.21 bits per heavy atom. The van der Waals surface area contributed by atoms with Gasteiger partial charge in [0.1, 0.15) is 0 Å². The second-order valence-corrected chi connectivity index (χ2v) is 4.41. The Bertz CT molecular complexity index is 407. The topological polar surface area (TPSA) is 36.4 Å². The molecule has 0 aliphatic carbocycles. The van der Waals surface area contributed by atoms with Crippen molar-refractivity contribution in [2.75, 3.05) is 20.1 Å². The van der Waals surface area contributed by atoms with Crippen molar-refractivity contribution in [3.8, 4) is 0 Å². The SMILES string of the molecule is C=CCNC(=NC)NCCc1cc(C)cc(C)c1.I. The summed E-state index contributed by atoms with van der Waals surface area (Å²) >= 11 is 0. The molecular weight excluding hydrogens is 349 g/mol. The van der Waals surface area contributed by atoms with Crippen molar-refractivity contribution in [2.45, 2.75) is 20.3 Å². The highest BCUT2D eigenvalue weighted by Crippen LogP contribution is 2.08. The maximum atomic E-state index is 4.14. The molecule has 0 amide bonds. The molecule has 0 aliphatic heterocycles. The molecule has 0 radical (unpaired) electrons. The Morgan fingerprint density at radius 3 is 2.37 bits per heavy atom. The van der Waals surface area contributed by atoms with Crippen LogP contribution in [0, 0.1) is 13.8 Å². The number of hydrogen-bond acceptors (Lipinski definition) is 1. The predicted octanol–water partition coefficient (Wildman–Crippen LogP) is 2.81. The van der Waals surface area contributed by atoms with Gasteiger partial charge in [-0.25, -0.2) is 0 Å². The van der Waals surface area contributed by atoms with Crippen molar-refractivity contribution in [1.82, 2.24) is 10.6 Å². The van der Waals surface area contributed by atoms with Gasteiger partial charge in [-0.1, -0.05) is 35.4 Å². The van der Waals surface area contributed by atoms with Crippen molar-refractivity contribution in [3.63, 3.8) is 0 Å². The Kier molecular flexibility index (Phi) is 9.30. The number of nitrogens with one attached hydrogen (secondary N) is 2. The maximum absolute atomic E-state index is 4.14. The molecule has 0 saturated heterocycles. The second-order valence-electron chi connectivity index (χ2n) is 4.41. The molecule has 106 valence electrons. The normalized spacial score (nSPS) is 10.6. The zero-order valence-electron chi connectivity index (χ0n) is 12.0. The maximum Gasteiger partial charge on any atom is 0.191 e. The van der Waals surface area contributed by atoms with Crippen LogP contribution in [-0.2, 0) is 6.42 Å². The van der Waals surface area contributed by atoms with Gasteiger partial charge in [0, 0.05) is 20.1 Å². The Morgan fingerprint density at radius 2 is 1.84 bits per heavy atom. The largest absolute Gasteiger partial charge is 0.356 e. The van der Waals surface area contributed by atoms with Crippen molar-refractivity contribution in [1.29, 1.82) is 0 Å². The number of rotatable bonds is 5. The van der Waals surface area contributed by atoms with Gasteiger partial charge in [-0.05, 0) is 25.8 Å². The van der Waals surface area contributed by atoms with E-state index in [-0.39, 0.29) is 24.0 Å². The molecule has 1 rings (SSSR count). The molecule has 1 aromatic rings. The van der Waals surface area contributed by atoms with Gasteiger partial charge in [0.15, 0.2) is 5.96 Å². The minimum Gasteiger partial charge on any atom is -0.356 e. The molecule has 0 aliphatic rings. The first-order chi connectivity index (χ1) is 8.65. The van der Waals surface area contributed by atoms with E-state index >= 15 is 0 Å². The number of nitrogens with zero attached hydrogens (tertiary/aromatic N) is 1. The lowest BCUT2D eigenvalue weighted by Crippen LogP contribution is -2.38. The molecule has 2 N–H and O–H groups in total. The summed E-state index contributed by atoms with van der Waals surface area (Å²) < 4.78 is 0. The van der Waals surface area contributed by atoms with E-state index in [1.165, 1.54) is 16.7 Å². The smallest absolute Gasteiger partial charge is 0.191 e. The summed E-state index contributed by atoms with van der Waals surface area (Å²) in [5.41, 5.74) is 4.00. The van der Waals surface area contributed by atoms with Crippen LogP contribution in [0.1, 0.15) is 16.7 Å². The molecule has 0 aromatic heterocycles. The summed E-state index contributed by atoms with van der Waals surface area (Å²) in [6.45, 7) is 9.54. The van der Waals surface area contributed by atoms with Crippen LogP contribution >= 0.6 is 24.0 Å². The summed E-state index contributed by atoms with van der Waals surface area (Å²) in [5, 5.41) is 6.43. The minimum absolute atomic E-state index is 0. The molecule has 0 saturated carbocycles. The van der Waals surface area contributed by atoms with E-state index < -0.39 is 0 Å². The fraction of sp³-hybridized carbons (Fsp3) is 0.400. The van der Waals surface area contributed by atoms with Crippen molar-refractivity contribution >= 4 is 29.9 Å². The summed E-state index contributed by atoms with van der Waals surface area (Å²) in [6.07, 6.45) is 2.81. The van der Waals surface area contributed by atoms with Gasteiger partial charge in [-0.3, -0.25) is 4.99 Å². The van der Waals surface area contributed by atoms with Gasteiger partial charge in [-0.2, -0.15) is 0 Å². The molecule has 0 bridgehead atoms. The lowest BCUT2D eigenvalue weighted by molar-refractivity contribution is 0.821. The summed E-state index contributed by atoms with van der Waals surface area (Å²) in [5.74, 6) is 0.819. The van der Waals surface area contributed by atoms with Gasteiger partial charge in [-0.15, -0.1) is 30.6 Å². The average Bonchev–Trinajstić information content (AvgIpc) is 2.32. The Labute approximate surface area is 133 Å². The third kappa shape index (κ3) is 7.20. The van der Waals surface area contributed by atoms with E-state index in [0.717, 1.165) is 25.5 Å². The standard InChI is InChI=1S/C15H23N3.HI/c1-5-7-17-15(16-4)18-8-6-14-10-12(2)9-13(3)11-14;/h5,9-11H,1,6-8H2,2-4H3,(H2,16,17,18);1H. The number of guanidine groups is 1. The average molecular weight is 373 g/mol. The predicted molar refractivity (Wildman–Crippen MR) is 94.6 cm³/mol. The Hall–Kier alpha value is -1.04. The van der Waals surface area contributed by atoms with Crippen LogP contribution in [0.15, 0.2) is 35.8 Å². The summed E-state index contributed by atoms with van der Waals surface area (Å²) in [6, 6.07) is 6.66. The molecule has 0 unspecified atom stereocenters. The van der Waals surface area contributed by atoms with E-state index in [4.69, 9.17) is 0 Å². The van der Waals surface area contributed by atoms with E-state index in [1.54, 1.807) is 7.05 Å². The number of halogens is 1. The Balaban J connectivity index is 0.00000324. The highest BCUT2D eigenvalue weighted by Gasteiger charge is 1.98. The number of aryl methyl sites for hydroxylation is 2. The van der Waals surface area contributed by atoms with Crippen LogP contribution in [0.5, 0.6) is 0 Å². The molecule has 0 spiro atoms. The van der Waals surface area contributed by atoms with E-state index in [0.29, 0.717) is 0 Å². The summed E-state index contributed by atoms with van der Waals surface area (Å²) in [4.78, 5) is 4.14. The second kappa shape index (κ2) is 9.83. The monoisotopic (exact) mass is 373 g/mol. The van der Waals surface area contributed by atoms with Crippen LogP contribution in [0.3, 0.4) is 0 Å². The first-order valence-corrected chi connectivity index (χ1v) is 6.28. The summed E-state index contributed by atoms with van der Waals surface area (Å²) in [7, 11) is 1.77. The van der Waals surface area contributed by atoms with Gasteiger partial charge in [0.25, 0.3) is 0 Å². The quantitative estimate of drug-likeness (QED) is 0.361. The van der Waals surface area contributed by atoms with Crippen molar-refractivity contribution in [2.24, 2.45) is 4.99 Å². The third-order valence-electron chi connectivity index (χ3n) is 2.63. The minimum atomic E-state index is 0. The van der Waals surface area contributed by atoms with Gasteiger partial charge < -0.3 is 10.6 Å². The van der Waals surface area contributed by atoms with Gasteiger partial charge in [0.05, 0.1) is 0 Å². The van der Waals surface area contributed by atoms with E-state index in [2.05, 4.69) is 54.3 Å².